The van der Waals surface area contributed by atoms with Gasteiger partial charge in [0.05, 0.1) is 16.3 Å². The molecule has 3 aromatic rings. The van der Waals surface area contributed by atoms with Gasteiger partial charge in [0, 0.05) is 6.08 Å². The number of anilines is 1. The summed E-state index contributed by atoms with van der Waals surface area (Å²) in [6.45, 7) is 1.88. The van der Waals surface area contributed by atoms with Crippen molar-refractivity contribution in [2.45, 2.75) is 6.92 Å². The number of hydrogen-bond donors (Lipinski definition) is 0. The Bertz CT molecular complexity index is 991. The van der Waals surface area contributed by atoms with Crippen LogP contribution in [-0.4, -0.2) is 11.1 Å². The van der Waals surface area contributed by atoms with Gasteiger partial charge in [0.25, 0.3) is 5.91 Å². The van der Waals surface area contributed by atoms with E-state index in [2.05, 4.69) is 4.99 Å². The van der Waals surface area contributed by atoms with Crippen LogP contribution in [0, 0.1) is 6.92 Å². The topological polar surface area (TPSA) is 45.8 Å². The lowest BCUT2D eigenvalue weighted by Crippen LogP contribution is -2.28. The standard InChI is InChI=1S/C21H16N2O2S/c1-15-12-13-18(25-15)14-19-20(24)23(17-10-6-3-7-11-17)21(26-19)22-16-8-4-2-5-9-16/h2-14H,1H3/b19-14+,22-21?. The maximum absolute atomic E-state index is 13.0. The molecule has 26 heavy (non-hydrogen) atoms. The first-order valence-corrected chi connectivity index (χ1v) is 9.01. The van der Waals surface area contributed by atoms with E-state index in [0.717, 1.165) is 17.1 Å². The van der Waals surface area contributed by atoms with Crippen LogP contribution in [0.3, 0.4) is 0 Å². The Labute approximate surface area is 155 Å². The molecular weight excluding hydrogens is 344 g/mol. The number of aryl methyl sites for hydroxylation is 1. The summed E-state index contributed by atoms with van der Waals surface area (Å²) in [4.78, 5) is 19.9. The third-order valence-corrected chi connectivity index (χ3v) is 4.81. The van der Waals surface area contributed by atoms with Crippen molar-refractivity contribution in [1.29, 1.82) is 0 Å². The lowest BCUT2D eigenvalue weighted by molar-refractivity contribution is -0.113. The first-order chi connectivity index (χ1) is 12.7. The minimum Gasteiger partial charge on any atom is -0.462 e. The molecule has 1 saturated heterocycles. The molecule has 1 aliphatic heterocycles. The van der Waals surface area contributed by atoms with E-state index in [1.54, 1.807) is 11.0 Å². The van der Waals surface area contributed by atoms with Crippen LogP contribution in [0.15, 0.2) is 87.1 Å². The number of aliphatic imine (C=N–C) groups is 1. The number of para-hydroxylation sites is 2. The summed E-state index contributed by atoms with van der Waals surface area (Å²) in [6.07, 6.45) is 1.77. The van der Waals surface area contributed by atoms with Gasteiger partial charge in [0.2, 0.25) is 0 Å². The van der Waals surface area contributed by atoms with Gasteiger partial charge < -0.3 is 4.42 Å². The number of amidine groups is 1. The highest BCUT2D eigenvalue weighted by atomic mass is 32.2. The Hall–Kier alpha value is -3.05. The fourth-order valence-corrected chi connectivity index (χ4v) is 3.61. The molecule has 1 fully saturated rings. The average Bonchev–Trinajstić information content (AvgIpc) is 3.20. The van der Waals surface area contributed by atoms with Gasteiger partial charge in [-0.3, -0.25) is 9.69 Å². The number of thioether (sulfide) groups is 1. The molecule has 0 atom stereocenters. The normalized spacial score (nSPS) is 17.4. The average molecular weight is 360 g/mol. The van der Waals surface area contributed by atoms with Gasteiger partial charge >= 0.3 is 0 Å². The molecule has 1 aromatic heterocycles. The van der Waals surface area contributed by atoms with Crippen LogP contribution in [0.25, 0.3) is 6.08 Å². The number of furan rings is 1. The van der Waals surface area contributed by atoms with Crippen LogP contribution >= 0.6 is 11.8 Å². The van der Waals surface area contributed by atoms with Gasteiger partial charge in [-0.2, -0.15) is 0 Å². The van der Waals surface area contributed by atoms with E-state index in [0.29, 0.717) is 15.8 Å². The molecule has 2 heterocycles. The van der Waals surface area contributed by atoms with Crippen LogP contribution in [0.5, 0.6) is 0 Å². The molecule has 0 saturated carbocycles. The highest BCUT2D eigenvalue weighted by Gasteiger charge is 2.34. The van der Waals surface area contributed by atoms with Gasteiger partial charge in [0.15, 0.2) is 5.17 Å². The summed E-state index contributed by atoms with van der Waals surface area (Å²) in [5.41, 5.74) is 1.59. The molecule has 0 N–H and O–H groups in total. The third kappa shape index (κ3) is 3.34. The van der Waals surface area contributed by atoms with Crippen molar-refractivity contribution in [3.63, 3.8) is 0 Å². The van der Waals surface area contributed by atoms with Crippen molar-refractivity contribution in [2.75, 3.05) is 4.90 Å². The summed E-state index contributed by atoms with van der Waals surface area (Å²) < 4.78 is 5.59. The maximum Gasteiger partial charge on any atom is 0.271 e. The quantitative estimate of drug-likeness (QED) is 0.588. The molecule has 1 amide bonds. The summed E-state index contributed by atoms with van der Waals surface area (Å²) in [5.74, 6) is 1.36. The van der Waals surface area contributed by atoms with Crippen LogP contribution in [0.4, 0.5) is 11.4 Å². The largest absolute Gasteiger partial charge is 0.462 e. The predicted octanol–water partition coefficient (Wildman–Crippen LogP) is 5.40. The molecule has 0 bridgehead atoms. The van der Waals surface area contributed by atoms with E-state index in [1.807, 2.05) is 79.7 Å². The minimum atomic E-state index is -0.107. The number of hydrogen-bond acceptors (Lipinski definition) is 4. The second-order valence-corrected chi connectivity index (χ2v) is 6.77. The molecule has 4 nitrogen and oxygen atoms in total. The number of carbonyl (C=O) groups excluding carboxylic acids is 1. The lowest BCUT2D eigenvalue weighted by Gasteiger charge is -2.15. The highest BCUT2D eigenvalue weighted by molar-refractivity contribution is 8.19. The van der Waals surface area contributed by atoms with Gasteiger partial charge in [-0.15, -0.1) is 0 Å². The van der Waals surface area contributed by atoms with Gasteiger partial charge in [0.1, 0.15) is 11.5 Å². The summed E-state index contributed by atoms with van der Waals surface area (Å²) in [6, 6.07) is 22.9. The smallest absolute Gasteiger partial charge is 0.271 e. The fourth-order valence-electron chi connectivity index (χ4n) is 2.63. The van der Waals surface area contributed by atoms with Crippen LogP contribution < -0.4 is 4.90 Å². The molecular formula is C21H16N2O2S. The monoisotopic (exact) mass is 360 g/mol. The van der Waals surface area contributed by atoms with E-state index in [-0.39, 0.29) is 5.91 Å². The Morgan fingerprint density at radius 2 is 1.65 bits per heavy atom. The van der Waals surface area contributed by atoms with Crippen molar-refractivity contribution in [3.8, 4) is 0 Å². The molecule has 128 valence electrons. The lowest BCUT2D eigenvalue weighted by atomic mass is 10.3. The van der Waals surface area contributed by atoms with E-state index in [9.17, 15) is 4.79 Å². The maximum atomic E-state index is 13.0. The summed E-state index contributed by atoms with van der Waals surface area (Å²) in [5, 5.41) is 0.627. The molecule has 2 aromatic carbocycles. The summed E-state index contributed by atoms with van der Waals surface area (Å²) in [7, 11) is 0. The molecule has 1 aliphatic rings. The first kappa shape index (κ1) is 16.4. The summed E-state index contributed by atoms with van der Waals surface area (Å²) >= 11 is 1.35. The molecule has 4 rings (SSSR count). The predicted molar refractivity (Wildman–Crippen MR) is 106 cm³/mol. The van der Waals surface area contributed by atoms with Gasteiger partial charge in [-0.25, -0.2) is 4.99 Å². The Morgan fingerprint density at radius 3 is 2.31 bits per heavy atom. The van der Waals surface area contributed by atoms with Crippen LogP contribution in [-0.2, 0) is 4.79 Å². The SMILES string of the molecule is Cc1ccc(/C=C2/SC(=Nc3ccccc3)N(c3ccccc3)C2=O)o1. The number of nitrogens with zero attached hydrogens (tertiary/aromatic N) is 2. The van der Waals surface area contributed by atoms with Crippen LogP contribution in [0.2, 0.25) is 0 Å². The second kappa shape index (κ2) is 7.06. The Morgan fingerprint density at radius 1 is 0.962 bits per heavy atom. The zero-order valence-electron chi connectivity index (χ0n) is 14.1. The van der Waals surface area contributed by atoms with Crippen molar-refractivity contribution in [3.05, 3.63) is 89.2 Å². The van der Waals surface area contributed by atoms with E-state index >= 15 is 0 Å². The van der Waals surface area contributed by atoms with Gasteiger partial charge in [-0.1, -0.05) is 36.4 Å². The van der Waals surface area contributed by atoms with E-state index in [4.69, 9.17) is 4.42 Å². The number of carbonyl (C=O) groups is 1. The molecule has 0 spiro atoms. The zero-order chi connectivity index (χ0) is 17.9. The van der Waals surface area contributed by atoms with E-state index < -0.39 is 0 Å². The number of amides is 1. The second-order valence-electron chi connectivity index (χ2n) is 5.77. The Kier molecular flexibility index (Phi) is 4.46. The number of rotatable bonds is 3. The highest BCUT2D eigenvalue weighted by Crippen LogP contribution is 2.37. The zero-order valence-corrected chi connectivity index (χ0v) is 14.9. The van der Waals surface area contributed by atoms with Crippen molar-refractivity contribution < 1.29 is 9.21 Å². The van der Waals surface area contributed by atoms with E-state index in [1.165, 1.54) is 11.8 Å². The molecule has 0 radical (unpaired) electrons. The number of benzene rings is 2. The molecule has 5 heteroatoms. The minimum absolute atomic E-state index is 0.107. The molecule has 0 aliphatic carbocycles. The third-order valence-electron chi connectivity index (χ3n) is 3.84. The van der Waals surface area contributed by atoms with Crippen molar-refractivity contribution in [2.24, 2.45) is 4.99 Å². The Balaban J connectivity index is 1.77. The molecule has 0 unspecified atom stereocenters. The van der Waals surface area contributed by atoms with Crippen molar-refractivity contribution in [1.82, 2.24) is 0 Å². The first-order valence-electron chi connectivity index (χ1n) is 8.20. The fraction of sp³-hybridized carbons (Fsp3) is 0.0476. The van der Waals surface area contributed by atoms with Crippen LogP contribution in [0.1, 0.15) is 11.5 Å². The van der Waals surface area contributed by atoms with Gasteiger partial charge in [-0.05, 0) is 55.1 Å². The van der Waals surface area contributed by atoms with Crippen molar-refractivity contribution >= 4 is 40.3 Å².